The smallest absolute Gasteiger partial charge is 0.168 e. The Morgan fingerprint density at radius 3 is 2.52 bits per heavy atom. The van der Waals surface area contributed by atoms with Crippen LogP contribution in [0.15, 0.2) is 72.9 Å². The number of Topliss-reactive ketones (excluding diaryl/α,β-unsaturated/α-hetero) is 1. The number of ketones is 1. The summed E-state index contributed by atoms with van der Waals surface area (Å²) in [5, 5.41) is 3.36. The first-order chi connectivity index (χ1) is 13.3. The van der Waals surface area contributed by atoms with E-state index in [1.54, 1.807) is 0 Å². The van der Waals surface area contributed by atoms with Gasteiger partial charge in [0, 0.05) is 34.0 Å². The molecule has 1 aliphatic rings. The molecule has 1 heterocycles. The van der Waals surface area contributed by atoms with Gasteiger partial charge in [-0.2, -0.15) is 0 Å². The van der Waals surface area contributed by atoms with Gasteiger partial charge in [0.05, 0.1) is 6.54 Å². The molecule has 0 amide bonds. The number of aromatic nitrogens is 1. The summed E-state index contributed by atoms with van der Waals surface area (Å²) in [6, 6.07) is 22.5. The molecule has 0 saturated heterocycles. The second-order valence-corrected chi connectivity index (χ2v) is 7.22. The van der Waals surface area contributed by atoms with Crippen molar-refractivity contribution in [2.45, 2.75) is 19.4 Å². The summed E-state index contributed by atoms with van der Waals surface area (Å²) in [5.74, 6) is 1.43. The summed E-state index contributed by atoms with van der Waals surface area (Å²) >= 11 is 0. The SMILES string of the molecule is O=C(c1cn(CCOc2cccc3ccccc23)c2ccccc12)C1CC1. The summed E-state index contributed by atoms with van der Waals surface area (Å²) in [5.41, 5.74) is 1.96. The molecular weight excluding hydrogens is 334 g/mol. The van der Waals surface area contributed by atoms with E-state index in [0.29, 0.717) is 18.9 Å². The van der Waals surface area contributed by atoms with Crippen LogP contribution in [0, 0.1) is 5.92 Å². The first-order valence-electron chi connectivity index (χ1n) is 9.54. The van der Waals surface area contributed by atoms with E-state index < -0.39 is 0 Å². The predicted octanol–water partition coefficient (Wildman–Crippen LogP) is 5.47. The van der Waals surface area contributed by atoms with Crippen molar-refractivity contribution in [2.75, 3.05) is 6.61 Å². The molecule has 0 atom stereocenters. The Bertz CT molecular complexity index is 1130. The van der Waals surface area contributed by atoms with Crippen molar-refractivity contribution in [1.82, 2.24) is 4.57 Å². The lowest BCUT2D eigenvalue weighted by Gasteiger charge is -2.10. The number of fused-ring (bicyclic) bond motifs is 2. The van der Waals surface area contributed by atoms with Crippen molar-refractivity contribution in [2.24, 2.45) is 5.92 Å². The van der Waals surface area contributed by atoms with Crippen LogP contribution < -0.4 is 4.74 Å². The van der Waals surface area contributed by atoms with E-state index in [9.17, 15) is 4.79 Å². The van der Waals surface area contributed by atoms with Crippen LogP contribution in [0.1, 0.15) is 23.2 Å². The van der Waals surface area contributed by atoms with Gasteiger partial charge in [0.25, 0.3) is 0 Å². The van der Waals surface area contributed by atoms with Crippen molar-refractivity contribution in [3.05, 3.63) is 78.5 Å². The molecule has 1 aliphatic carbocycles. The van der Waals surface area contributed by atoms with Crippen LogP contribution in [0.2, 0.25) is 0 Å². The van der Waals surface area contributed by atoms with Gasteiger partial charge < -0.3 is 9.30 Å². The van der Waals surface area contributed by atoms with Gasteiger partial charge in [-0.05, 0) is 30.4 Å². The van der Waals surface area contributed by atoms with Gasteiger partial charge >= 0.3 is 0 Å². The maximum absolute atomic E-state index is 12.6. The van der Waals surface area contributed by atoms with Crippen molar-refractivity contribution >= 4 is 27.5 Å². The predicted molar refractivity (Wildman–Crippen MR) is 108 cm³/mol. The lowest BCUT2D eigenvalue weighted by Crippen LogP contribution is -2.07. The van der Waals surface area contributed by atoms with Gasteiger partial charge in [0.2, 0.25) is 0 Å². The average Bonchev–Trinajstić information content (AvgIpc) is 3.50. The van der Waals surface area contributed by atoms with E-state index in [0.717, 1.165) is 40.4 Å². The van der Waals surface area contributed by atoms with Gasteiger partial charge in [-0.1, -0.05) is 54.6 Å². The van der Waals surface area contributed by atoms with E-state index in [2.05, 4.69) is 28.8 Å². The van der Waals surface area contributed by atoms with Gasteiger partial charge in [-0.15, -0.1) is 0 Å². The maximum atomic E-state index is 12.6. The Hall–Kier alpha value is -3.07. The van der Waals surface area contributed by atoms with Gasteiger partial charge in [0.15, 0.2) is 5.78 Å². The Morgan fingerprint density at radius 2 is 1.67 bits per heavy atom. The Kier molecular flexibility index (Phi) is 3.93. The van der Waals surface area contributed by atoms with Crippen molar-refractivity contribution in [1.29, 1.82) is 0 Å². The topological polar surface area (TPSA) is 31.2 Å². The van der Waals surface area contributed by atoms with Crippen LogP contribution in [0.3, 0.4) is 0 Å². The van der Waals surface area contributed by atoms with E-state index in [1.165, 1.54) is 5.39 Å². The molecule has 0 aliphatic heterocycles. The molecule has 27 heavy (non-hydrogen) atoms. The Morgan fingerprint density at radius 1 is 0.926 bits per heavy atom. The van der Waals surface area contributed by atoms with E-state index in [1.807, 2.05) is 48.7 Å². The number of para-hydroxylation sites is 1. The fraction of sp³-hybridized carbons (Fsp3) is 0.208. The molecule has 1 saturated carbocycles. The molecule has 5 rings (SSSR count). The number of hydrogen-bond donors (Lipinski definition) is 0. The highest BCUT2D eigenvalue weighted by Gasteiger charge is 2.32. The number of hydrogen-bond acceptors (Lipinski definition) is 2. The van der Waals surface area contributed by atoms with E-state index in [-0.39, 0.29) is 5.92 Å². The highest BCUT2D eigenvalue weighted by Crippen LogP contribution is 2.35. The minimum absolute atomic E-state index is 0.233. The van der Waals surface area contributed by atoms with Gasteiger partial charge in [-0.3, -0.25) is 4.79 Å². The maximum Gasteiger partial charge on any atom is 0.168 e. The largest absolute Gasteiger partial charge is 0.491 e. The molecule has 0 radical (unpaired) electrons. The minimum atomic E-state index is 0.233. The van der Waals surface area contributed by atoms with E-state index in [4.69, 9.17) is 4.74 Å². The average molecular weight is 355 g/mol. The lowest BCUT2D eigenvalue weighted by molar-refractivity contribution is 0.0969. The zero-order chi connectivity index (χ0) is 18.2. The third-order valence-electron chi connectivity index (χ3n) is 5.34. The highest BCUT2D eigenvalue weighted by atomic mass is 16.5. The van der Waals surface area contributed by atoms with Crippen LogP contribution >= 0.6 is 0 Å². The van der Waals surface area contributed by atoms with Gasteiger partial charge in [0.1, 0.15) is 12.4 Å². The zero-order valence-corrected chi connectivity index (χ0v) is 15.1. The number of rotatable bonds is 6. The Labute approximate surface area is 158 Å². The summed E-state index contributed by atoms with van der Waals surface area (Å²) in [7, 11) is 0. The van der Waals surface area contributed by atoms with Crippen molar-refractivity contribution in [3.8, 4) is 5.75 Å². The number of nitrogens with zero attached hydrogens (tertiary/aromatic N) is 1. The standard InChI is InChI=1S/C24H21NO2/c26-24(18-12-13-18)21-16-25(22-10-4-3-9-20(21)22)14-15-27-23-11-5-7-17-6-1-2-8-19(17)23/h1-11,16,18H,12-15H2. The first-order valence-corrected chi connectivity index (χ1v) is 9.54. The molecule has 3 nitrogen and oxygen atoms in total. The summed E-state index contributed by atoms with van der Waals surface area (Å²) < 4.78 is 8.24. The summed E-state index contributed by atoms with van der Waals surface area (Å²) in [6.07, 6.45) is 4.07. The first kappa shape index (κ1) is 16.1. The molecular formula is C24H21NO2. The number of benzene rings is 3. The molecule has 0 bridgehead atoms. The molecule has 0 N–H and O–H groups in total. The normalized spacial score (nSPS) is 13.9. The number of ether oxygens (including phenoxy) is 1. The molecule has 1 fully saturated rings. The molecule has 0 spiro atoms. The molecule has 3 aromatic carbocycles. The second-order valence-electron chi connectivity index (χ2n) is 7.22. The monoisotopic (exact) mass is 355 g/mol. The number of carbonyl (C=O) groups is 1. The molecule has 1 aromatic heterocycles. The molecule has 3 heteroatoms. The molecule has 0 unspecified atom stereocenters. The second kappa shape index (κ2) is 6.58. The van der Waals surface area contributed by atoms with Crippen molar-refractivity contribution in [3.63, 3.8) is 0 Å². The summed E-state index contributed by atoms with van der Waals surface area (Å²) in [6.45, 7) is 1.27. The fourth-order valence-electron chi connectivity index (χ4n) is 3.77. The third-order valence-corrected chi connectivity index (χ3v) is 5.34. The third kappa shape index (κ3) is 2.99. The number of carbonyl (C=O) groups excluding carboxylic acids is 1. The summed E-state index contributed by atoms with van der Waals surface area (Å²) in [4.78, 5) is 12.6. The van der Waals surface area contributed by atoms with Crippen LogP contribution in [0.25, 0.3) is 21.7 Å². The van der Waals surface area contributed by atoms with Crippen LogP contribution in [-0.2, 0) is 6.54 Å². The van der Waals surface area contributed by atoms with Crippen LogP contribution in [-0.4, -0.2) is 17.0 Å². The minimum Gasteiger partial charge on any atom is -0.491 e. The quantitative estimate of drug-likeness (QED) is 0.430. The fourth-order valence-corrected chi connectivity index (χ4v) is 3.77. The molecule has 134 valence electrons. The highest BCUT2D eigenvalue weighted by molar-refractivity contribution is 6.09. The van der Waals surface area contributed by atoms with Crippen LogP contribution in [0.4, 0.5) is 0 Å². The van der Waals surface area contributed by atoms with Crippen molar-refractivity contribution < 1.29 is 9.53 Å². The van der Waals surface area contributed by atoms with Gasteiger partial charge in [-0.25, -0.2) is 0 Å². The van der Waals surface area contributed by atoms with E-state index >= 15 is 0 Å². The zero-order valence-electron chi connectivity index (χ0n) is 15.1. The lowest BCUT2D eigenvalue weighted by atomic mass is 10.1. The Balaban J connectivity index is 1.39. The van der Waals surface area contributed by atoms with Crippen LogP contribution in [0.5, 0.6) is 5.75 Å². The molecule has 4 aromatic rings.